The molecule has 1 heterocycles. The molecule has 1 fully saturated rings. The molecule has 0 aromatic heterocycles. The number of benzene rings is 1. The molecule has 0 bridgehead atoms. The Balaban J connectivity index is 2.08. The first kappa shape index (κ1) is 11.4. The van der Waals surface area contributed by atoms with Crippen LogP contribution in [-0.2, 0) is 6.54 Å². The number of likely N-dealkylation sites (tertiary alicyclic amines) is 1. The first-order valence-electron chi connectivity index (χ1n) is 5.82. The molecule has 88 valence electrons. The van der Waals surface area contributed by atoms with Crippen molar-refractivity contribution in [1.29, 1.82) is 0 Å². The van der Waals surface area contributed by atoms with Crippen LogP contribution in [-0.4, -0.2) is 36.3 Å². The molecule has 1 atom stereocenters. The van der Waals surface area contributed by atoms with Gasteiger partial charge in [0, 0.05) is 18.2 Å². The number of para-hydroxylation sites is 1. The zero-order valence-electron chi connectivity index (χ0n) is 9.72. The van der Waals surface area contributed by atoms with Crippen molar-refractivity contribution in [3.63, 3.8) is 0 Å². The van der Waals surface area contributed by atoms with Crippen molar-refractivity contribution in [2.75, 3.05) is 20.3 Å². The van der Waals surface area contributed by atoms with Crippen LogP contribution in [0.1, 0.15) is 18.4 Å². The highest BCUT2D eigenvalue weighted by Gasteiger charge is 2.24. The zero-order valence-corrected chi connectivity index (χ0v) is 9.72. The van der Waals surface area contributed by atoms with Gasteiger partial charge in [0.25, 0.3) is 0 Å². The van der Waals surface area contributed by atoms with Gasteiger partial charge in [0.05, 0.1) is 13.7 Å². The second-order valence-electron chi connectivity index (χ2n) is 4.26. The van der Waals surface area contributed by atoms with Gasteiger partial charge in [0.2, 0.25) is 0 Å². The predicted octanol–water partition coefficient (Wildman–Crippen LogP) is 1.65. The number of aliphatic hydroxyl groups is 1. The van der Waals surface area contributed by atoms with Crippen LogP contribution >= 0.6 is 0 Å². The molecular weight excluding hydrogens is 202 g/mol. The van der Waals surface area contributed by atoms with Crippen molar-refractivity contribution in [3.05, 3.63) is 29.8 Å². The van der Waals surface area contributed by atoms with Crippen molar-refractivity contribution in [3.8, 4) is 5.75 Å². The number of hydrogen-bond acceptors (Lipinski definition) is 3. The van der Waals surface area contributed by atoms with Crippen molar-refractivity contribution >= 4 is 0 Å². The second-order valence-corrected chi connectivity index (χ2v) is 4.26. The Kier molecular flexibility index (Phi) is 3.80. The molecule has 3 heteroatoms. The molecule has 0 radical (unpaired) electrons. The molecule has 1 aromatic carbocycles. The molecule has 3 nitrogen and oxygen atoms in total. The topological polar surface area (TPSA) is 32.7 Å². The number of hydrogen-bond donors (Lipinski definition) is 1. The van der Waals surface area contributed by atoms with Crippen LogP contribution in [0, 0.1) is 0 Å². The van der Waals surface area contributed by atoms with Crippen LogP contribution in [0.3, 0.4) is 0 Å². The molecule has 0 spiro atoms. The second kappa shape index (κ2) is 5.32. The lowest BCUT2D eigenvalue weighted by Gasteiger charge is -2.23. The summed E-state index contributed by atoms with van der Waals surface area (Å²) < 4.78 is 5.34. The summed E-state index contributed by atoms with van der Waals surface area (Å²) in [4.78, 5) is 2.33. The quantitative estimate of drug-likeness (QED) is 0.839. The molecule has 0 aliphatic carbocycles. The highest BCUT2D eigenvalue weighted by atomic mass is 16.5. The predicted molar refractivity (Wildman–Crippen MR) is 63.5 cm³/mol. The summed E-state index contributed by atoms with van der Waals surface area (Å²) in [5.74, 6) is 0.936. The van der Waals surface area contributed by atoms with Gasteiger partial charge in [-0.3, -0.25) is 4.90 Å². The minimum Gasteiger partial charge on any atom is -0.496 e. The molecule has 2 rings (SSSR count). The average molecular weight is 221 g/mol. The van der Waals surface area contributed by atoms with E-state index < -0.39 is 0 Å². The van der Waals surface area contributed by atoms with Gasteiger partial charge in [0.15, 0.2) is 0 Å². The molecule has 1 saturated heterocycles. The number of rotatable bonds is 4. The van der Waals surface area contributed by atoms with E-state index in [4.69, 9.17) is 4.74 Å². The van der Waals surface area contributed by atoms with Gasteiger partial charge in [-0.05, 0) is 25.5 Å². The van der Waals surface area contributed by atoms with Crippen molar-refractivity contribution in [2.45, 2.75) is 25.4 Å². The van der Waals surface area contributed by atoms with E-state index in [1.165, 1.54) is 12.0 Å². The molecule has 0 amide bonds. The van der Waals surface area contributed by atoms with Crippen LogP contribution in [0.25, 0.3) is 0 Å². The summed E-state index contributed by atoms with van der Waals surface area (Å²) >= 11 is 0. The van der Waals surface area contributed by atoms with Crippen LogP contribution in [0.4, 0.5) is 0 Å². The summed E-state index contributed by atoms with van der Waals surface area (Å²) in [7, 11) is 1.70. The van der Waals surface area contributed by atoms with E-state index in [0.29, 0.717) is 6.04 Å². The molecular formula is C13H19NO2. The van der Waals surface area contributed by atoms with Crippen LogP contribution in [0.5, 0.6) is 5.75 Å². The first-order chi connectivity index (χ1) is 7.85. The van der Waals surface area contributed by atoms with E-state index in [9.17, 15) is 5.11 Å². The fourth-order valence-corrected chi connectivity index (χ4v) is 2.36. The highest BCUT2D eigenvalue weighted by Crippen LogP contribution is 2.24. The molecule has 1 aromatic rings. The molecule has 1 aliphatic rings. The zero-order chi connectivity index (χ0) is 11.4. The minimum atomic E-state index is 0.259. The van der Waals surface area contributed by atoms with Gasteiger partial charge in [-0.25, -0.2) is 0 Å². The van der Waals surface area contributed by atoms with Gasteiger partial charge in [-0.1, -0.05) is 18.2 Å². The SMILES string of the molecule is COc1ccccc1CN1CCC[C@@H]1CO. The number of nitrogens with zero attached hydrogens (tertiary/aromatic N) is 1. The monoisotopic (exact) mass is 221 g/mol. The lowest BCUT2D eigenvalue weighted by molar-refractivity contribution is 0.152. The van der Waals surface area contributed by atoms with Gasteiger partial charge >= 0.3 is 0 Å². The Bertz CT molecular complexity index is 340. The molecule has 16 heavy (non-hydrogen) atoms. The Morgan fingerprint density at radius 3 is 3.00 bits per heavy atom. The maximum Gasteiger partial charge on any atom is 0.123 e. The highest BCUT2D eigenvalue weighted by molar-refractivity contribution is 5.33. The van der Waals surface area contributed by atoms with E-state index in [2.05, 4.69) is 11.0 Å². The van der Waals surface area contributed by atoms with Crippen LogP contribution in [0.2, 0.25) is 0 Å². The first-order valence-corrected chi connectivity index (χ1v) is 5.82. The van der Waals surface area contributed by atoms with E-state index in [-0.39, 0.29) is 6.61 Å². The minimum absolute atomic E-state index is 0.259. The molecule has 1 N–H and O–H groups in total. The summed E-state index contributed by atoms with van der Waals surface area (Å²) in [6, 6.07) is 8.41. The standard InChI is InChI=1S/C13H19NO2/c1-16-13-7-3-2-5-11(13)9-14-8-4-6-12(14)10-15/h2-3,5,7,12,15H,4,6,8-10H2,1H3/t12-/m1/s1. The lowest BCUT2D eigenvalue weighted by Crippen LogP contribution is -2.31. The van der Waals surface area contributed by atoms with E-state index in [1.807, 2.05) is 18.2 Å². The van der Waals surface area contributed by atoms with Crippen molar-refractivity contribution in [1.82, 2.24) is 4.90 Å². The summed E-state index contributed by atoms with van der Waals surface area (Å²) in [6.45, 7) is 2.20. The maximum absolute atomic E-state index is 9.27. The summed E-state index contributed by atoms with van der Waals surface area (Å²) in [5.41, 5.74) is 1.20. The summed E-state index contributed by atoms with van der Waals surface area (Å²) in [5, 5.41) is 9.27. The van der Waals surface area contributed by atoms with Gasteiger partial charge in [-0.2, -0.15) is 0 Å². The van der Waals surface area contributed by atoms with Crippen molar-refractivity contribution < 1.29 is 9.84 Å². The third kappa shape index (κ3) is 2.36. The molecule has 0 saturated carbocycles. The van der Waals surface area contributed by atoms with Gasteiger partial charge < -0.3 is 9.84 Å². The Morgan fingerprint density at radius 2 is 2.25 bits per heavy atom. The van der Waals surface area contributed by atoms with E-state index in [1.54, 1.807) is 7.11 Å². The van der Waals surface area contributed by atoms with E-state index >= 15 is 0 Å². The lowest BCUT2D eigenvalue weighted by atomic mass is 10.1. The van der Waals surface area contributed by atoms with Crippen LogP contribution in [0.15, 0.2) is 24.3 Å². The number of methoxy groups -OCH3 is 1. The molecule has 0 unspecified atom stereocenters. The van der Waals surface area contributed by atoms with Gasteiger partial charge in [-0.15, -0.1) is 0 Å². The molecule has 1 aliphatic heterocycles. The Hall–Kier alpha value is -1.06. The van der Waals surface area contributed by atoms with Crippen molar-refractivity contribution in [2.24, 2.45) is 0 Å². The van der Waals surface area contributed by atoms with Gasteiger partial charge in [0.1, 0.15) is 5.75 Å². The summed E-state index contributed by atoms with van der Waals surface area (Å²) in [6.07, 6.45) is 2.28. The fraction of sp³-hybridized carbons (Fsp3) is 0.538. The van der Waals surface area contributed by atoms with E-state index in [0.717, 1.165) is 25.3 Å². The average Bonchev–Trinajstić information content (AvgIpc) is 2.77. The third-order valence-corrected chi connectivity index (χ3v) is 3.28. The number of aliphatic hydroxyl groups excluding tert-OH is 1. The van der Waals surface area contributed by atoms with Crippen LogP contribution < -0.4 is 4.74 Å². The number of ether oxygens (including phenoxy) is 1. The third-order valence-electron chi connectivity index (χ3n) is 3.28. The Morgan fingerprint density at radius 1 is 1.44 bits per heavy atom. The smallest absolute Gasteiger partial charge is 0.123 e. The Labute approximate surface area is 96.6 Å². The maximum atomic E-state index is 9.27. The fourth-order valence-electron chi connectivity index (χ4n) is 2.36. The largest absolute Gasteiger partial charge is 0.496 e. The normalized spacial score (nSPS) is 21.2.